The summed E-state index contributed by atoms with van der Waals surface area (Å²) >= 11 is 1.85. The van der Waals surface area contributed by atoms with Gasteiger partial charge in [-0.25, -0.2) is 0 Å². The fraction of sp³-hybridized carbons (Fsp3) is 0.929. The van der Waals surface area contributed by atoms with Crippen molar-refractivity contribution in [1.82, 2.24) is 15.5 Å². The maximum atomic E-state index is 4.23. The van der Waals surface area contributed by atoms with E-state index in [1.807, 2.05) is 18.8 Å². The topological polar surface area (TPSA) is 39.7 Å². The van der Waals surface area contributed by atoms with Crippen molar-refractivity contribution in [2.45, 2.75) is 26.2 Å². The average molecular weight is 414 g/mol. The number of likely N-dealkylation sites (tertiary alicyclic amines) is 1. The van der Waals surface area contributed by atoms with Crippen molar-refractivity contribution in [3.8, 4) is 0 Å². The fourth-order valence-corrected chi connectivity index (χ4v) is 2.59. The summed E-state index contributed by atoms with van der Waals surface area (Å²) in [7, 11) is 1.83. The molecule has 0 aromatic heterocycles. The molecule has 0 spiro atoms. The summed E-state index contributed by atoms with van der Waals surface area (Å²) in [6.45, 7) is 8.12. The van der Waals surface area contributed by atoms with E-state index >= 15 is 0 Å². The summed E-state index contributed by atoms with van der Waals surface area (Å²) in [6, 6.07) is 0. The van der Waals surface area contributed by atoms with Gasteiger partial charge in [0.05, 0.1) is 0 Å². The van der Waals surface area contributed by atoms with Crippen LogP contribution in [0, 0.1) is 5.92 Å². The van der Waals surface area contributed by atoms with Crippen molar-refractivity contribution in [3.63, 3.8) is 0 Å². The van der Waals surface area contributed by atoms with Gasteiger partial charge in [0.15, 0.2) is 5.96 Å². The summed E-state index contributed by atoms with van der Waals surface area (Å²) < 4.78 is 0. The van der Waals surface area contributed by atoms with Gasteiger partial charge < -0.3 is 15.5 Å². The van der Waals surface area contributed by atoms with Crippen molar-refractivity contribution < 1.29 is 0 Å². The highest BCUT2D eigenvalue weighted by atomic mass is 127. The molecule has 1 heterocycles. The first-order valence-electron chi connectivity index (χ1n) is 7.42. The number of aliphatic imine (C=N–C) groups is 1. The van der Waals surface area contributed by atoms with Crippen LogP contribution in [0.3, 0.4) is 0 Å². The molecule has 120 valence electrons. The van der Waals surface area contributed by atoms with Crippen molar-refractivity contribution in [2.75, 3.05) is 51.8 Å². The summed E-state index contributed by atoms with van der Waals surface area (Å²) in [5, 5.41) is 6.70. The Morgan fingerprint density at radius 1 is 1.25 bits per heavy atom. The van der Waals surface area contributed by atoms with Crippen LogP contribution in [-0.4, -0.2) is 62.6 Å². The summed E-state index contributed by atoms with van der Waals surface area (Å²) in [5.74, 6) is 2.97. The molecule has 20 heavy (non-hydrogen) atoms. The molecule has 0 aromatic carbocycles. The number of thioether (sulfide) groups is 1. The fourth-order valence-electron chi connectivity index (χ4n) is 2.29. The first kappa shape index (κ1) is 20.3. The second kappa shape index (κ2) is 13.0. The molecule has 1 rings (SSSR count). The molecule has 1 fully saturated rings. The Morgan fingerprint density at radius 2 is 1.90 bits per heavy atom. The minimum Gasteiger partial charge on any atom is -0.356 e. The lowest BCUT2D eigenvalue weighted by molar-refractivity contribution is 0.191. The van der Waals surface area contributed by atoms with E-state index in [0.29, 0.717) is 0 Å². The van der Waals surface area contributed by atoms with Crippen molar-refractivity contribution in [2.24, 2.45) is 10.9 Å². The molecule has 0 aliphatic carbocycles. The first-order valence-corrected chi connectivity index (χ1v) is 8.81. The molecule has 1 aliphatic rings. The third kappa shape index (κ3) is 9.28. The standard InChI is InChI=1S/C14H30N4S.HI/c1-13-5-10-18(11-6-13)9-4-7-16-14(15-2)17-8-12-19-3;/h13H,4-12H2,1-3H3,(H2,15,16,17);1H. The molecule has 0 bridgehead atoms. The Labute approximate surface area is 145 Å². The van der Waals surface area contributed by atoms with Crippen LogP contribution in [-0.2, 0) is 0 Å². The molecule has 0 amide bonds. The summed E-state index contributed by atoms with van der Waals surface area (Å²) in [4.78, 5) is 6.81. The second-order valence-electron chi connectivity index (χ2n) is 5.30. The molecular formula is C14H31IN4S. The van der Waals surface area contributed by atoms with Gasteiger partial charge in [-0.15, -0.1) is 24.0 Å². The molecule has 4 nitrogen and oxygen atoms in total. The molecule has 2 N–H and O–H groups in total. The maximum absolute atomic E-state index is 4.23. The van der Waals surface area contributed by atoms with E-state index in [2.05, 4.69) is 33.7 Å². The normalized spacial score (nSPS) is 17.6. The van der Waals surface area contributed by atoms with E-state index in [-0.39, 0.29) is 24.0 Å². The predicted octanol–water partition coefficient (Wildman–Crippen LogP) is 2.25. The van der Waals surface area contributed by atoms with E-state index < -0.39 is 0 Å². The highest BCUT2D eigenvalue weighted by molar-refractivity contribution is 14.0. The molecule has 1 aliphatic heterocycles. The van der Waals surface area contributed by atoms with Gasteiger partial charge in [-0.2, -0.15) is 11.8 Å². The van der Waals surface area contributed by atoms with Crippen LogP contribution in [0.25, 0.3) is 0 Å². The van der Waals surface area contributed by atoms with Gasteiger partial charge in [-0.3, -0.25) is 4.99 Å². The number of hydrogen-bond donors (Lipinski definition) is 2. The molecule has 1 saturated heterocycles. The minimum absolute atomic E-state index is 0. The van der Waals surface area contributed by atoms with Gasteiger partial charge in [0.25, 0.3) is 0 Å². The van der Waals surface area contributed by atoms with E-state index in [0.717, 1.165) is 30.7 Å². The zero-order valence-electron chi connectivity index (χ0n) is 13.2. The number of piperidine rings is 1. The van der Waals surface area contributed by atoms with Gasteiger partial charge in [0, 0.05) is 25.9 Å². The number of halogens is 1. The van der Waals surface area contributed by atoms with Gasteiger partial charge in [0.1, 0.15) is 0 Å². The van der Waals surface area contributed by atoms with E-state index in [1.54, 1.807) is 0 Å². The van der Waals surface area contributed by atoms with Gasteiger partial charge >= 0.3 is 0 Å². The number of rotatable bonds is 7. The number of hydrogen-bond acceptors (Lipinski definition) is 3. The van der Waals surface area contributed by atoms with E-state index in [4.69, 9.17) is 0 Å². The van der Waals surface area contributed by atoms with Crippen LogP contribution >= 0.6 is 35.7 Å². The lowest BCUT2D eigenvalue weighted by atomic mass is 9.99. The van der Waals surface area contributed by atoms with Crippen LogP contribution < -0.4 is 10.6 Å². The highest BCUT2D eigenvalue weighted by Gasteiger charge is 2.14. The van der Waals surface area contributed by atoms with Crippen LogP contribution in [0.15, 0.2) is 4.99 Å². The molecule has 0 unspecified atom stereocenters. The maximum Gasteiger partial charge on any atom is 0.191 e. The smallest absolute Gasteiger partial charge is 0.191 e. The number of nitrogens with one attached hydrogen (secondary N) is 2. The number of nitrogens with zero attached hydrogens (tertiary/aromatic N) is 2. The molecular weight excluding hydrogens is 383 g/mol. The van der Waals surface area contributed by atoms with Crippen molar-refractivity contribution in [1.29, 1.82) is 0 Å². The summed E-state index contributed by atoms with van der Waals surface area (Å²) in [5.41, 5.74) is 0. The van der Waals surface area contributed by atoms with Crippen LogP contribution in [0.5, 0.6) is 0 Å². The van der Waals surface area contributed by atoms with Gasteiger partial charge in [0.2, 0.25) is 0 Å². The largest absolute Gasteiger partial charge is 0.356 e. The van der Waals surface area contributed by atoms with Crippen molar-refractivity contribution >= 4 is 41.7 Å². The lowest BCUT2D eigenvalue weighted by Crippen LogP contribution is -2.40. The van der Waals surface area contributed by atoms with Crippen LogP contribution in [0.2, 0.25) is 0 Å². The van der Waals surface area contributed by atoms with E-state index in [1.165, 1.54) is 38.9 Å². The zero-order chi connectivity index (χ0) is 13.9. The monoisotopic (exact) mass is 414 g/mol. The molecule has 0 saturated carbocycles. The van der Waals surface area contributed by atoms with E-state index in [9.17, 15) is 0 Å². The first-order chi connectivity index (χ1) is 9.26. The average Bonchev–Trinajstić information content (AvgIpc) is 2.43. The Balaban J connectivity index is 0.00000361. The third-order valence-electron chi connectivity index (χ3n) is 3.64. The quantitative estimate of drug-likeness (QED) is 0.290. The molecule has 0 atom stereocenters. The zero-order valence-corrected chi connectivity index (χ0v) is 16.3. The predicted molar refractivity (Wildman–Crippen MR) is 103 cm³/mol. The Kier molecular flexibility index (Phi) is 13.2. The van der Waals surface area contributed by atoms with Gasteiger partial charge in [-0.1, -0.05) is 6.92 Å². The van der Waals surface area contributed by atoms with Crippen LogP contribution in [0.1, 0.15) is 26.2 Å². The highest BCUT2D eigenvalue weighted by Crippen LogP contribution is 2.15. The third-order valence-corrected chi connectivity index (χ3v) is 4.25. The second-order valence-corrected chi connectivity index (χ2v) is 6.28. The molecule has 0 radical (unpaired) electrons. The molecule has 6 heteroatoms. The number of guanidine groups is 1. The minimum atomic E-state index is 0. The Bertz CT molecular complexity index is 256. The van der Waals surface area contributed by atoms with Crippen molar-refractivity contribution in [3.05, 3.63) is 0 Å². The Hall–Kier alpha value is 0.310. The van der Waals surface area contributed by atoms with Gasteiger partial charge in [-0.05, 0) is 51.1 Å². The molecule has 0 aromatic rings. The SMILES string of the molecule is CN=C(NCCCN1CCC(C)CC1)NCCSC.I. The summed E-state index contributed by atoms with van der Waals surface area (Å²) in [6.07, 6.45) is 6.05. The lowest BCUT2D eigenvalue weighted by Gasteiger charge is -2.30. The Morgan fingerprint density at radius 3 is 2.50 bits per heavy atom. The van der Waals surface area contributed by atoms with Crippen LogP contribution in [0.4, 0.5) is 0 Å².